The predicted molar refractivity (Wildman–Crippen MR) is 112 cm³/mol. The molecule has 1 fully saturated rings. The van der Waals surface area contributed by atoms with E-state index in [1.54, 1.807) is 11.2 Å². The van der Waals surface area contributed by atoms with Gasteiger partial charge in [0.05, 0.1) is 23.8 Å². The fraction of sp³-hybridized carbons (Fsp3) is 0.455. The van der Waals surface area contributed by atoms with E-state index in [9.17, 15) is 4.79 Å². The third-order valence-corrected chi connectivity index (χ3v) is 4.96. The summed E-state index contributed by atoms with van der Waals surface area (Å²) in [6, 6.07) is 12.0. The van der Waals surface area contributed by atoms with E-state index in [1.807, 2.05) is 51.1 Å². The molecule has 4 rings (SSSR count). The molecule has 3 aromatic rings. The van der Waals surface area contributed by atoms with Crippen LogP contribution in [0.3, 0.4) is 0 Å². The minimum atomic E-state index is -0.486. The van der Waals surface area contributed by atoms with Crippen LogP contribution >= 0.6 is 0 Å². The normalized spacial score (nSPS) is 15.6. The molecular formula is C22H28N4O3. The summed E-state index contributed by atoms with van der Waals surface area (Å²) in [5.41, 5.74) is 1.55. The van der Waals surface area contributed by atoms with Crippen LogP contribution in [-0.2, 0) is 11.3 Å². The Bertz CT molecular complexity index is 972. The van der Waals surface area contributed by atoms with E-state index in [1.165, 1.54) is 0 Å². The Morgan fingerprint density at radius 1 is 1.10 bits per heavy atom. The van der Waals surface area contributed by atoms with Crippen LogP contribution in [0.1, 0.15) is 33.0 Å². The summed E-state index contributed by atoms with van der Waals surface area (Å²) in [5.74, 6) is 1.80. The van der Waals surface area contributed by atoms with Gasteiger partial charge in [-0.15, -0.1) is 0 Å². The summed E-state index contributed by atoms with van der Waals surface area (Å²) in [6.07, 6.45) is 2.31. The number of amides is 1. The number of anilines is 1. The van der Waals surface area contributed by atoms with Gasteiger partial charge in [-0.2, -0.15) is 0 Å². The molecule has 0 spiro atoms. The molecule has 0 aliphatic carbocycles. The molecular weight excluding hydrogens is 368 g/mol. The molecule has 1 saturated heterocycles. The van der Waals surface area contributed by atoms with Crippen LogP contribution < -0.4 is 4.90 Å². The van der Waals surface area contributed by atoms with Crippen LogP contribution in [0.4, 0.5) is 10.7 Å². The van der Waals surface area contributed by atoms with Crippen molar-refractivity contribution in [3.63, 3.8) is 0 Å². The lowest BCUT2D eigenvalue weighted by molar-refractivity contribution is 0.0263. The van der Waals surface area contributed by atoms with Gasteiger partial charge < -0.3 is 23.5 Å². The summed E-state index contributed by atoms with van der Waals surface area (Å²) in [5, 5.41) is 0. The SMILES string of the molecule is CC(C)(C)OC(=O)N1CCCN(c2nc3ccccc3n2Cc2ccco2)CC1. The van der Waals surface area contributed by atoms with Crippen molar-refractivity contribution in [2.45, 2.75) is 39.3 Å². The van der Waals surface area contributed by atoms with Crippen molar-refractivity contribution in [3.05, 3.63) is 48.4 Å². The van der Waals surface area contributed by atoms with E-state index in [-0.39, 0.29) is 6.09 Å². The molecule has 0 unspecified atom stereocenters. The Morgan fingerprint density at radius 3 is 2.69 bits per heavy atom. The van der Waals surface area contributed by atoms with Crippen LogP contribution in [0.25, 0.3) is 11.0 Å². The number of aromatic nitrogens is 2. The minimum absolute atomic E-state index is 0.247. The van der Waals surface area contributed by atoms with Crippen LogP contribution in [0, 0.1) is 0 Å². The standard InChI is InChI=1S/C22H28N4O3/c1-22(2,3)29-21(27)25-12-7-11-24(13-14-25)20-23-18-9-4-5-10-19(18)26(20)16-17-8-6-15-28-17/h4-6,8-10,15H,7,11-14,16H2,1-3H3. The van der Waals surface area contributed by atoms with Crippen LogP contribution in [0.15, 0.2) is 47.1 Å². The smallest absolute Gasteiger partial charge is 0.410 e. The zero-order chi connectivity index (χ0) is 20.4. The highest BCUT2D eigenvalue weighted by molar-refractivity contribution is 5.79. The number of hydrogen-bond donors (Lipinski definition) is 0. The first kappa shape index (κ1) is 19.4. The van der Waals surface area contributed by atoms with Crippen molar-refractivity contribution in [2.75, 3.05) is 31.1 Å². The molecule has 154 valence electrons. The molecule has 7 nitrogen and oxygen atoms in total. The number of hydrogen-bond acceptors (Lipinski definition) is 5. The molecule has 3 heterocycles. The number of nitrogens with zero attached hydrogens (tertiary/aromatic N) is 4. The third kappa shape index (κ3) is 4.39. The van der Waals surface area contributed by atoms with Crippen molar-refractivity contribution in [2.24, 2.45) is 0 Å². The first-order valence-corrected chi connectivity index (χ1v) is 10.1. The summed E-state index contributed by atoms with van der Waals surface area (Å²) in [7, 11) is 0. The summed E-state index contributed by atoms with van der Waals surface area (Å²) < 4.78 is 13.3. The van der Waals surface area contributed by atoms with Crippen LogP contribution in [0.5, 0.6) is 0 Å². The van der Waals surface area contributed by atoms with E-state index in [2.05, 4.69) is 15.5 Å². The summed E-state index contributed by atoms with van der Waals surface area (Å²) in [6.45, 7) is 9.14. The minimum Gasteiger partial charge on any atom is -0.467 e. The van der Waals surface area contributed by atoms with Crippen molar-refractivity contribution >= 4 is 23.1 Å². The Kier molecular flexibility index (Phi) is 5.22. The summed E-state index contributed by atoms with van der Waals surface area (Å²) in [4.78, 5) is 21.4. The Morgan fingerprint density at radius 2 is 1.93 bits per heavy atom. The first-order chi connectivity index (χ1) is 13.9. The second-order valence-electron chi connectivity index (χ2n) is 8.37. The average molecular weight is 396 g/mol. The molecule has 29 heavy (non-hydrogen) atoms. The van der Waals surface area contributed by atoms with Gasteiger partial charge in [-0.1, -0.05) is 12.1 Å². The number of furan rings is 1. The molecule has 0 N–H and O–H groups in total. The zero-order valence-electron chi connectivity index (χ0n) is 17.3. The monoisotopic (exact) mass is 396 g/mol. The Balaban J connectivity index is 1.57. The van der Waals surface area contributed by atoms with Crippen LogP contribution in [-0.4, -0.2) is 52.3 Å². The van der Waals surface area contributed by atoms with E-state index in [0.29, 0.717) is 26.2 Å². The van der Waals surface area contributed by atoms with Gasteiger partial charge in [0.25, 0.3) is 0 Å². The van der Waals surface area contributed by atoms with Crippen molar-refractivity contribution in [1.29, 1.82) is 0 Å². The third-order valence-electron chi connectivity index (χ3n) is 4.96. The molecule has 1 aromatic carbocycles. The molecule has 7 heteroatoms. The molecule has 1 amide bonds. The fourth-order valence-electron chi connectivity index (χ4n) is 3.64. The van der Waals surface area contributed by atoms with Crippen molar-refractivity contribution in [1.82, 2.24) is 14.5 Å². The van der Waals surface area contributed by atoms with Gasteiger partial charge in [0.15, 0.2) is 0 Å². The van der Waals surface area contributed by atoms with Gasteiger partial charge in [0.1, 0.15) is 11.4 Å². The molecule has 0 bridgehead atoms. The predicted octanol–water partition coefficient (Wildman–Crippen LogP) is 4.12. The highest BCUT2D eigenvalue weighted by atomic mass is 16.6. The zero-order valence-corrected chi connectivity index (χ0v) is 17.3. The highest BCUT2D eigenvalue weighted by Crippen LogP contribution is 2.25. The maximum atomic E-state index is 12.5. The Hall–Kier alpha value is -2.96. The number of rotatable bonds is 3. The molecule has 0 radical (unpaired) electrons. The molecule has 0 saturated carbocycles. The van der Waals surface area contributed by atoms with Crippen LogP contribution in [0.2, 0.25) is 0 Å². The van der Waals surface area contributed by atoms with Gasteiger partial charge in [-0.3, -0.25) is 0 Å². The quantitative estimate of drug-likeness (QED) is 0.666. The highest BCUT2D eigenvalue weighted by Gasteiger charge is 2.26. The number of fused-ring (bicyclic) bond motifs is 1. The molecule has 0 atom stereocenters. The fourth-order valence-corrected chi connectivity index (χ4v) is 3.64. The topological polar surface area (TPSA) is 63.7 Å². The number of ether oxygens (including phenoxy) is 1. The maximum Gasteiger partial charge on any atom is 0.410 e. The lowest BCUT2D eigenvalue weighted by atomic mass is 10.2. The van der Waals surface area contributed by atoms with E-state index >= 15 is 0 Å². The van der Waals surface area contributed by atoms with E-state index < -0.39 is 5.60 Å². The number of imidazole rings is 1. The largest absolute Gasteiger partial charge is 0.467 e. The Labute approximate surface area is 170 Å². The van der Waals surface area contributed by atoms with Crippen molar-refractivity contribution in [3.8, 4) is 0 Å². The molecule has 2 aromatic heterocycles. The second kappa shape index (κ2) is 7.81. The molecule has 1 aliphatic heterocycles. The van der Waals surface area contributed by atoms with E-state index in [4.69, 9.17) is 14.1 Å². The van der Waals surface area contributed by atoms with Gasteiger partial charge in [-0.05, 0) is 51.5 Å². The number of carbonyl (C=O) groups is 1. The maximum absolute atomic E-state index is 12.5. The first-order valence-electron chi connectivity index (χ1n) is 10.1. The van der Waals surface area contributed by atoms with Gasteiger partial charge >= 0.3 is 6.09 Å². The number of carbonyl (C=O) groups excluding carboxylic acids is 1. The summed E-state index contributed by atoms with van der Waals surface area (Å²) >= 11 is 0. The lowest BCUT2D eigenvalue weighted by Crippen LogP contribution is -2.39. The van der Waals surface area contributed by atoms with Gasteiger partial charge in [0.2, 0.25) is 5.95 Å². The average Bonchev–Trinajstić information content (AvgIpc) is 3.22. The molecule has 1 aliphatic rings. The van der Waals surface area contributed by atoms with Crippen molar-refractivity contribution < 1.29 is 13.9 Å². The van der Waals surface area contributed by atoms with Gasteiger partial charge in [0, 0.05) is 26.2 Å². The van der Waals surface area contributed by atoms with E-state index in [0.717, 1.165) is 35.7 Å². The number of benzene rings is 1. The van der Waals surface area contributed by atoms with Gasteiger partial charge in [-0.25, -0.2) is 9.78 Å². The lowest BCUT2D eigenvalue weighted by Gasteiger charge is -2.26. The number of para-hydroxylation sites is 2. The second-order valence-corrected chi connectivity index (χ2v) is 8.37.